The fourth-order valence-corrected chi connectivity index (χ4v) is 4.07. The molecule has 8 nitrogen and oxygen atoms in total. The zero-order valence-corrected chi connectivity index (χ0v) is 22.9. The van der Waals surface area contributed by atoms with E-state index in [2.05, 4.69) is 10.3 Å². The Balaban J connectivity index is 1.62. The molecule has 41 heavy (non-hydrogen) atoms. The molecule has 2 amide bonds. The molecular weight excluding hydrogens is 535 g/mol. The van der Waals surface area contributed by atoms with Crippen molar-refractivity contribution in [3.05, 3.63) is 96.2 Å². The average Bonchev–Trinajstić information content (AvgIpc) is 3.38. The molecule has 1 N–H and O–H groups in total. The molecule has 0 aliphatic rings. The third-order valence-corrected chi connectivity index (χ3v) is 6.26. The van der Waals surface area contributed by atoms with Crippen LogP contribution in [0.5, 0.6) is 5.75 Å². The molecule has 0 bridgehead atoms. The molecule has 1 heterocycles. The highest BCUT2D eigenvalue weighted by molar-refractivity contribution is 5.99. The Morgan fingerprint density at radius 3 is 2.29 bits per heavy atom. The number of amides is 2. The number of nitrogens with zero attached hydrogens (tertiary/aromatic N) is 4. The summed E-state index contributed by atoms with van der Waals surface area (Å²) in [6.45, 7) is 0.519. The summed E-state index contributed by atoms with van der Waals surface area (Å²) in [7, 11) is 5.23. The van der Waals surface area contributed by atoms with E-state index in [9.17, 15) is 22.8 Å². The lowest BCUT2D eigenvalue weighted by Crippen LogP contribution is -2.41. The van der Waals surface area contributed by atoms with Crippen LogP contribution in [-0.2, 0) is 11.0 Å². The standard InChI is InChI=1S/C30H30F3N5O3/c1-36(2)16-17-37(28(40)22-10-7-11-25(18-22)41-3)20-27(39)35-29-34-26(21-8-5-4-6-9-21)19-38(29)24-14-12-23(13-15-24)30(31,32)33/h4-15,18-19H,16-17,20H2,1-3H3,(H,34,35,39). The number of benzene rings is 3. The minimum Gasteiger partial charge on any atom is -0.497 e. The molecule has 0 fully saturated rings. The summed E-state index contributed by atoms with van der Waals surface area (Å²) in [6, 6.07) is 20.4. The van der Waals surface area contributed by atoms with Crippen LogP contribution in [0, 0.1) is 0 Å². The zero-order valence-electron chi connectivity index (χ0n) is 22.9. The lowest BCUT2D eigenvalue weighted by molar-refractivity contribution is -0.137. The van der Waals surface area contributed by atoms with Gasteiger partial charge in [0.15, 0.2) is 0 Å². The number of nitrogens with one attached hydrogen (secondary N) is 1. The summed E-state index contributed by atoms with van der Waals surface area (Å²) < 4.78 is 46.2. The van der Waals surface area contributed by atoms with Crippen LogP contribution in [0.2, 0.25) is 0 Å². The van der Waals surface area contributed by atoms with Crippen molar-refractivity contribution >= 4 is 17.8 Å². The van der Waals surface area contributed by atoms with E-state index in [1.165, 1.54) is 28.7 Å². The van der Waals surface area contributed by atoms with Gasteiger partial charge in [0.1, 0.15) is 12.3 Å². The third kappa shape index (κ3) is 7.52. The van der Waals surface area contributed by atoms with Crippen molar-refractivity contribution in [3.63, 3.8) is 0 Å². The topological polar surface area (TPSA) is 79.7 Å². The second kappa shape index (κ2) is 12.7. The normalized spacial score (nSPS) is 11.4. The summed E-state index contributed by atoms with van der Waals surface area (Å²) in [5.74, 6) is -0.245. The molecule has 1 aromatic heterocycles. The second-order valence-electron chi connectivity index (χ2n) is 9.54. The van der Waals surface area contributed by atoms with Crippen molar-refractivity contribution < 1.29 is 27.5 Å². The fourth-order valence-electron chi connectivity index (χ4n) is 4.07. The van der Waals surface area contributed by atoms with E-state index in [-0.39, 0.29) is 24.9 Å². The molecule has 0 saturated heterocycles. The first kappa shape index (κ1) is 29.3. The number of likely N-dealkylation sites (N-methyl/N-ethyl adjacent to an activating group) is 1. The van der Waals surface area contributed by atoms with Gasteiger partial charge in [0.05, 0.1) is 18.4 Å². The van der Waals surface area contributed by atoms with Gasteiger partial charge in [0.25, 0.3) is 5.91 Å². The monoisotopic (exact) mass is 565 g/mol. The molecular formula is C30H30F3N5O3. The molecule has 3 aromatic carbocycles. The smallest absolute Gasteiger partial charge is 0.416 e. The van der Waals surface area contributed by atoms with Crippen LogP contribution >= 0.6 is 0 Å². The van der Waals surface area contributed by atoms with Crippen LogP contribution in [0.4, 0.5) is 19.1 Å². The van der Waals surface area contributed by atoms with Crippen LogP contribution in [-0.4, -0.2) is 72.0 Å². The lowest BCUT2D eigenvalue weighted by Gasteiger charge is -2.24. The Labute approximate surface area is 236 Å². The van der Waals surface area contributed by atoms with Crippen LogP contribution in [0.25, 0.3) is 16.9 Å². The van der Waals surface area contributed by atoms with Crippen LogP contribution in [0.1, 0.15) is 15.9 Å². The molecule has 4 rings (SSSR count). The highest BCUT2D eigenvalue weighted by atomic mass is 19.4. The molecule has 214 valence electrons. The molecule has 4 aromatic rings. The predicted molar refractivity (Wildman–Crippen MR) is 150 cm³/mol. The minimum atomic E-state index is -4.48. The number of methoxy groups -OCH3 is 1. The number of anilines is 1. The van der Waals surface area contributed by atoms with Gasteiger partial charge in [-0.1, -0.05) is 36.4 Å². The van der Waals surface area contributed by atoms with Crippen molar-refractivity contribution in [1.82, 2.24) is 19.4 Å². The number of carbonyl (C=O) groups excluding carboxylic acids is 2. The van der Waals surface area contributed by atoms with Gasteiger partial charge in [0.2, 0.25) is 11.9 Å². The Kier molecular flexibility index (Phi) is 9.08. The van der Waals surface area contributed by atoms with Gasteiger partial charge in [-0.2, -0.15) is 13.2 Å². The number of rotatable bonds is 10. The molecule has 0 spiro atoms. The first-order valence-corrected chi connectivity index (χ1v) is 12.8. The number of hydrogen-bond donors (Lipinski definition) is 1. The fraction of sp³-hybridized carbons (Fsp3) is 0.233. The number of carbonyl (C=O) groups is 2. The molecule has 0 unspecified atom stereocenters. The number of halogens is 3. The van der Waals surface area contributed by atoms with Crippen molar-refractivity contribution in [2.24, 2.45) is 0 Å². The van der Waals surface area contributed by atoms with Crippen LogP contribution in [0.15, 0.2) is 85.1 Å². The van der Waals surface area contributed by atoms with Crippen molar-refractivity contribution in [1.29, 1.82) is 0 Å². The molecule has 0 aliphatic heterocycles. The number of alkyl halides is 3. The minimum absolute atomic E-state index is 0.106. The maximum Gasteiger partial charge on any atom is 0.416 e. The molecule has 0 radical (unpaired) electrons. The maximum absolute atomic E-state index is 13.4. The zero-order chi connectivity index (χ0) is 29.6. The van der Waals surface area contributed by atoms with E-state index < -0.39 is 17.6 Å². The van der Waals surface area contributed by atoms with Crippen LogP contribution in [0.3, 0.4) is 0 Å². The average molecular weight is 566 g/mol. The van der Waals surface area contributed by atoms with Gasteiger partial charge in [0, 0.05) is 36.1 Å². The van der Waals surface area contributed by atoms with Gasteiger partial charge in [-0.25, -0.2) is 4.98 Å². The van der Waals surface area contributed by atoms with E-state index in [0.717, 1.165) is 17.7 Å². The summed E-state index contributed by atoms with van der Waals surface area (Å²) in [6.07, 6.45) is -2.84. The number of ether oxygens (including phenoxy) is 1. The lowest BCUT2D eigenvalue weighted by atomic mass is 10.2. The van der Waals surface area contributed by atoms with Gasteiger partial charge in [-0.3, -0.25) is 19.5 Å². The molecule has 0 aliphatic carbocycles. The Morgan fingerprint density at radius 2 is 1.66 bits per heavy atom. The van der Waals surface area contributed by atoms with Crippen LogP contribution < -0.4 is 10.1 Å². The van der Waals surface area contributed by atoms with Gasteiger partial charge >= 0.3 is 6.18 Å². The molecule has 11 heteroatoms. The predicted octanol–water partition coefficient (Wildman–Crippen LogP) is 5.21. The second-order valence-corrected chi connectivity index (χ2v) is 9.54. The summed E-state index contributed by atoms with van der Waals surface area (Å²) in [4.78, 5) is 34.5. The Morgan fingerprint density at radius 1 is 0.951 bits per heavy atom. The Bertz CT molecular complexity index is 1490. The highest BCUT2D eigenvalue weighted by Crippen LogP contribution is 2.31. The third-order valence-electron chi connectivity index (χ3n) is 6.26. The van der Waals surface area contributed by atoms with E-state index in [1.54, 1.807) is 30.5 Å². The van der Waals surface area contributed by atoms with Crippen molar-refractivity contribution in [3.8, 4) is 22.7 Å². The van der Waals surface area contributed by atoms with E-state index in [1.807, 2.05) is 49.3 Å². The summed E-state index contributed by atoms with van der Waals surface area (Å²) in [5.41, 5.74) is 1.23. The SMILES string of the molecule is COc1cccc(C(=O)N(CCN(C)C)CC(=O)Nc2nc(-c3ccccc3)cn2-c2ccc(C(F)(F)F)cc2)c1. The summed E-state index contributed by atoms with van der Waals surface area (Å²) in [5, 5.41) is 2.75. The van der Waals surface area contributed by atoms with Gasteiger partial charge in [-0.05, 0) is 56.6 Å². The van der Waals surface area contributed by atoms with E-state index in [4.69, 9.17) is 4.74 Å². The van der Waals surface area contributed by atoms with E-state index in [0.29, 0.717) is 29.2 Å². The molecule has 0 saturated carbocycles. The first-order chi connectivity index (χ1) is 19.5. The van der Waals surface area contributed by atoms with Gasteiger partial charge in [-0.15, -0.1) is 0 Å². The number of imidazole rings is 1. The number of aromatic nitrogens is 2. The number of hydrogen-bond acceptors (Lipinski definition) is 5. The Hall–Kier alpha value is -4.64. The van der Waals surface area contributed by atoms with Crippen molar-refractivity contribution in [2.45, 2.75) is 6.18 Å². The quantitative estimate of drug-likeness (QED) is 0.286. The largest absolute Gasteiger partial charge is 0.497 e. The maximum atomic E-state index is 13.4. The summed E-state index contributed by atoms with van der Waals surface area (Å²) >= 11 is 0. The van der Waals surface area contributed by atoms with E-state index >= 15 is 0 Å². The van der Waals surface area contributed by atoms with Crippen molar-refractivity contribution in [2.75, 3.05) is 46.2 Å². The van der Waals surface area contributed by atoms with Gasteiger partial charge < -0.3 is 14.5 Å². The molecule has 0 atom stereocenters. The highest BCUT2D eigenvalue weighted by Gasteiger charge is 2.30. The first-order valence-electron chi connectivity index (χ1n) is 12.8.